The van der Waals surface area contributed by atoms with Gasteiger partial charge in [-0.1, -0.05) is 12.1 Å². The number of nitrogens with zero attached hydrogens (tertiary/aromatic N) is 2. The molecule has 1 atom stereocenters. The van der Waals surface area contributed by atoms with Crippen molar-refractivity contribution in [3.05, 3.63) is 59.7 Å². The lowest BCUT2D eigenvalue weighted by molar-refractivity contribution is 0.555. The summed E-state index contributed by atoms with van der Waals surface area (Å²) in [5.74, 6) is 0. The van der Waals surface area contributed by atoms with Crippen LogP contribution in [0.5, 0.6) is 0 Å². The second kappa shape index (κ2) is 5.55. The third-order valence-electron chi connectivity index (χ3n) is 2.69. The van der Waals surface area contributed by atoms with Gasteiger partial charge in [0.1, 0.15) is 0 Å². The number of hydrogen-bond acceptors (Lipinski definition) is 3. The van der Waals surface area contributed by atoms with Crippen molar-refractivity contribution in [3.8, 4) is 0 Å². The van der Waals surface area contributed by atoms with E-state index in [-0.39, 0.29) is 6.04 Å². The lowest BCUT2D eigenvalue weighted by atomic mass is 10.2. The highest BCUT2D eigenvalue weighted by molar-refractivity contribution is 5.13. The normalized spacial score (nSPS) is 12.4. The number of rotatable bonds is 4. The first-order valence-electron chi connectivity index (χ1n) is 5.81. The molecule has 2 aromatic rings. The maximum atomic E-state index is 4.36. The van der Waals surface area contributed by atoms with Crippen molar-refractivity contribution in [1.82, 2.24) is 15.3 Å². The lowest BCUT2D eigenvalue weighted by Gasteiger charge is -2.12. The van der Waals surface area contributed by atoms with Gasteiger partial charge in [-0.2, -0.15) is 0 Å². The van der Waals surface area contributed by atoms with Crippen LogP contribution in [0, 0.1) is 6.92 Å². The first kappa shape index (κ1) is 11.7. The van der Waals surface area contributed by atoms with E-state index < -0.39 is 0 Å². The smallest absolute Gasteiger partial charge is 0.0570 e. The zero-order valence-corrected chi connectivity index (χ0v) is 10.2. The molecule has 0 spiro atoms. The van der Waals surface area contributed by atoms with Crippen molar-refractivity contribution < 1.29 is 0 Å². The van der Waals surface area contributed by atoms with E-state index in [1.165, 1.54) is 5.56 Å². The van der Waals surface area contributed by atoms with Gasteiger partial charge in [-0.05, 0) is 37.6 Å². The Morgan fingerprint density at radius 2 is 2.06 bits per heavy atom. The van der Waals surface area contributed by atoms with Crippen LogP contribution < -0.4 is 5.32 Å². The molecule has 1 N–H and O–H groups in total. The standard InChI is InChI=1S/C14H17N3/c1-11-6-7-13(17-9-11)10-16-12(2)14-5-3-4-8-15-14/h3-9,12,16H,10H2,1-2H3. The predicted octanol–water partition coefficient (Wildman–Crippen LogP) is 2.64. The fraction of sp³-hybridized carbons (Fsp3) is 0.286. The summed E-state index contributed by atoms with van der Waals surface area (Å²) < 4.78 is 0. The maximum Gasteiger partial charge on any atom is 0.0570 e. The van der Waals surface area contributed by atoms with Crippen LogP contribution in [0.1, 0.15) is 29.9 Å². The average molecular weight is 227 g/mol. The Morgan fingerprint density at radius 3 is 2.71 bits per heavy atom. The van der Waals surface area contributed by atoms with Crippen molar-refractivity contribution >= 4 is 0 Å². The van der Waals surface area contributed by atoms with Gasteiger partial charge in [-0.25, -0.2) is 0 Å². The third kappa shape index (κ3) is 3.36. The molecule has 2 aromatic heterocycles. The van der Waals surface area contributed by atoms with E-state index in [2.05, 4.69) is 28.3 Å². The Bertz CT molecular complexity index is 451. The summed E-state index contributed by atoms with van der Waals surface area (Å²) in [6.45, 7) is 4.91. The number of aryl methyl sites for hydroxylation is 1. The van der Waals surface area contributed by atoms with E-state index in [0.29, 0.717) is 0 Å². The molecule has 88 valence electrons. The third-order valence-corrected chi connectivity index (χ3v) is 2.69. The quantitative estimate of drug-likeness (QED) is 0.872. The predicted molar refractivity (Wildman–Crippen MR) is 68.5 cm³/mol. The van der Waals surface area contributed by atoms with Crippen LogP contribution in [-0.4, -0.2) is 9.97 Å². The summed E-state index contributed by atoms with van der Waals surface area (Å²) in [5, 5.41) is 3.41. The first-order valence-corrected chi connectivity index (χ1v) is 5.81. The summed E-state index contributed by atoms with van der Waals surface area (Å²) >= 11 is 0. The molecule has 0 saturated heterocycles. The summed E-state index contributed by atoms with van der Waals surface area (Å²) in [6.07, 6.45) is 3.71. The number of nitrogens with one attached hydrogen (secondary N) is 1. The van der Waals surface area contributed by atoms with Crippen LogP contribution in [0.3, 0.4) is 0 Å². The van der Waals surface area contributed by atoms with Crippen LogP contribution in [0.15, 0.2) is 42.7 Å². The second-order valence-corrected chi connectivity index (χ2v) is 4.18. The van der Waals surface area contributed by atoms with E-state index in [9.17, 15) is 0 Å². The Hall–Kier alpha value is -1.74. The topological polar surface area (TPSA) is 37.8 Å². The molecule has 1 unspecified atom stereocenters. The SMILES string of the molecule is Cc1ccc(CNC(C)c2ccccn2)nc1. The van der Waals surface area contributed by atoms with Gasteiger partial charge >= 0.3 is 0 Å². The Kier molecular flexibility index (Phi) is 3.83. The molecule has 0 fully saturated rings. The van der Waals surface area contributed by atoms with Crippen molar-refractivity contribution in [2.75, 3.05) is 0 Å². The fourth-order valence-electron chi connectivity index (χ4n) is 1.60. The van der Waals surface area contributed by atoms with Crippen LogP contribution >= 0.6 is 0 Å². The first-order chi connectivity index (χ1) is 8.25. The minimum Gasteiger partial charge on any atom is -0.303 e. The summed E-state index contributed by atoms with van der Waals surface area (Å²) in [6, 6.07) is 10.3. The van der Waals surface area contributed by atoms with Crippen molar-refractivity contribution in [1.29, 1.82) is 0 Å². The molecule has 3 nitrogen and oxygen atoms in total. The molecule has 0 aliphatic rings. The van der Waals surface area contributed by atoms with Gasteiger partial charge in [0.15, 0.2) is 0 Å². The van der Waals surface area contributed by atoms with Gasteiger partial charge in [0.25, 0.3) is 0 Å². The second-order valence-electron chi connectivity index (χ2n) is 4.18. The molecular weight excluding hydrogens is 210 g/mol. The van der Waals surface area contributed by atoms with Gasteiger partial charge in [0, 0.05) is 25.0 Å². The Morgan fingerprint density at radius 1 is 1.18 bits per heavy atom. The van der Waals surface area contributed by atoms with Gasteiger partial charge in [-0.3, -0.25) is 9.97 Å². The van der Waals surface area contributed by atoms with Crippen molar-refractivity contribution in [3.63, 3.8) is 0 Å². The molecule has 2 rings (SSSR count). The maximum absolute atomic E-state index is 4.36. The molecule has 0 aliphatic heterocycles. The minimum atomic E-state index is 0.235. The zero-order valence-electron chi connectivity index (χ0n) is 10.2. The van der Waals surface area contributed by atoms with Gasteiger partial charge < -0.3 is 5.32 Å². The minimum absolute atomic E-state index is 0.235. The lowest BCUT2D eigenvalue weighted by Crippen LogP contribution is -2.19. The van der Waals surface area contributed by atoms with Crippen LogP contribution in [-0.2, 0) is 6.54 Å². The molecule has 0 bridgehead atoms. The number of hydrogen-bond donors (Lipinski definition) is 1. The van der Waals surface area contributed by atoms with E-state index in [0.717, 1.165) is 17.9 Å². The van der Waals surface area contributed by atoms with Crippen LogP contribution in [0.2, 0.25) is 0 Å². The highest BCUT2D eigenvalue weighted by Crippen LogP contribution is 2.08. The molecule has 3 heteroatoms. The average Bonchev–Trinajstić information content (AvgIpc) is 2.39. The molecule has 0 radical (unpaired) electrons. The number of pyridine rings is 2. The van der Waals surface area contributed by atoms with Gasteiger partial charge in [-0.15, -0.1) is 0 Å². The van der Waals surface area contributed by atoms with Gasteiger partial charge in [0.2, 0.25) is 0 Å². The fourth-order valence-corrected chi connectivity index (χ4v) is 1.60. The molecule has 2 heterocycles. The van der Waals surface area contributed by atoms with Crippen LogP contribution in [0.25, 0.3) is 0 Å². The molecule has 0 amide bonds. The van der Waals surface area contributed by atoms with E-state index in [4.69, 9.17) is 0 Å². The van der Waals surface area contributed by atoms with E-state index in [1.807, 2.05) is 43.6 Å². The largest absolute Gasteiger partial charge is 0.303 e. The molecule has 0 aliphatic carbocycles. The molecule has 0 aromatic carbocycles. The Balaban J connectivity index is 1.92. The van der Waals surface area contributed by atoms with Crippen molar-refractivity contribution in [2.24, 2.45) is 0 Å². The van der Waals surface area contributed by atoms with Crippen molar-refractivity contribution in [2.45, 2.75) is 26.4 Å². The summed E-state index contributed by atoms with van der Waals surface area (Å²) in [7, 11) is 0. The molecule has 17 heavy (non-hydrogen) atoms. The number of aromatic nitrogens is 2. The summed E-state index contributed by atoms with van der Waals surface area (Å²) in [4.78, 5) is 8.68. The van der Waals surface area contributed by atoms with E-state index in [1.54, 1.807) is 0 Å². The molecule has 0 saturated carbocycles. The zero-order chi connectivity index (χ0) is 12.1. The summed E-state index contributed by atoms with van der Waals surface area (Å²) in [5.41, 5.74) is 3.30. The highest BCUT2D eigenvalue weighted by Gasteiger charge is 2.05. The Labute approximate surface area is 102 Å². The monoisotopic (exact) mass is 227 g/mol. The molecular formula is C14H17N3. The van der Waals surface area contributed by atoms with Crippen LogP contribution in [0.4, 0.5) is 0 Å². The van der Waals surface area contributed by atoms with E-state index >= 15 is 0 Å². The highest BCUT2D eigenvalue weighted by atomic mass is 14.9. The van der Waals surface area contributed by atoms with Gasteiger partial charge in [0.05, 0.1) is 11.4 Å².